The SMILES string of the molecule is Cc1nc(Cl)cc(Nc2cc(C(F)(F)F)ccc2Cl)n1. The van der Waals surface area contributed by atoms with E-state index >= 15 is 0 Å². The lowest BCUT2D eigenvalue weighted by Crippen LogP contribution is -2.06. The molecule has 0 saturated heterocycles. The lowest BCUT2D eigenvalue weighted by Gasteiger charge is -2.12. The summed E-state index contributed by atoms with van der Waals surface area (Å²) in [6.45, 7) is 1.62. The highest BCUT2D eigenvalue weighted by molar-refractivity contribution is 6.33. The Labute approximate surface area is 122 Å². The summed E-state index contributed by atoms with van der Waals surface area (Å²) in [6.07, 6.45) is -4.44. The monoisotopic (exact) mass is 321 g/mol. The third-order valence-electron chi connectivity index (χ3n) is 2.36. The number of hydrogen-bond acceptors (Lipinski definition) is 3. The van der Waals surface area contributed by atoms with Crippen molar-refractivity contribution in [2.75, 3.05) is 5.32 Å². The Balaban J connectivity index is 2.37. The highest BCUT2D eigenvalue weighted by Gasteiger charge is 2.31. The fourth-order valence-electron chi connectivity index (χ4n) is 1.53. The number of hydrogen-bond donors (Lipinski definition) is 1. The predicted molar refractivity (Wildman–Crippen MR) is 71.5 cm³/mol. The van der Waals surface area contributed by atoms with Gasteiger partial charge in [0.05, 0.1) is 16.3 Å². The van der Waals surface area contributed by atoms with Crippen LogP contribution in [0.4, 0.5) is 24.7 Å². The zero-order valence-corrected chi connectivity index (χ0v) is 11.6. The summed E-state index contributed by atoms with van der Waals surface area (Å²) < 4.78 is 37.9. The van der Waals surface area contributed by atoms with Crippen molar-refractivity contribution >= 4 is 34.7 Å². The van der Waals surface area contributed by atoms with Gasteiger partial charge < -0.3 is 5.32 Å². The van der Waals surface area contributed by atoms with E-state index < -0.39 is 11.7 Å². The maximum absolute atomic E-state index is 12.6. The number of rotatable bonds is 2. The first kappa shape index (κ1) is 14.9. The largest absolute Gasteiger partial charge is 0.416 e. The van der Waals surface area contributed by atoms with Crippen molar-refractivity contribution in [2.45, 2.75) is 13.1 Å². The highest BCUT2D eigenvalue weighted by atomic mass is 35.5. The van der Waals surface area contributed by atoms with E-state index in [9.17, 15) is 13.2 Å². The fraction of sp³-hybridized carbons (Fsp3) is 0.167. The van der Waals surface area contributed by atoms with Gasteiger partial charge >= 0.3 is 6.18 Å². The van der Waals surface area contributed by atoms with Crippen molar-refractivity contribution in [2.24, 2.45) is 0 Å². The van der Waals surface area contributed by atoms with Crippen molar-refractivity contribution in [3.63, 3.8) is 0 Å². The van der Waals surface area contributed by atoms with Crippen LogP contribution in [0.25, 0.3) is 0 Å². The molecule has 0 saturated carbocycles. The normalized spacial score (nSPS) is 11.5. The van der Waals surface area contributed by atoms with E-state index in [2.05, 4.69) is 15.3 Å². The van der Waals surface area contributed by atoms with Gasteiger partial charge in [-0.15, -0.1) is 0 Å². The van der Waals surface area contributed by atoms with Crippen LogP contribution in [0.15, 0.2) is 24.3 Å². The minimum atomic E-state index is -4.44. The van der Waals surface area contributed by atoms with Crippen LogP contribution in [0.2, 0.25) is 10.2 Å². The van der Waals surface area contributed by atoms with Crippen molar-refractivity contribution in [3.8, 4) is 0 Å². The maximum atomic E-state index is 12.6. The molecule has 1 heterocycles. The topological polar surface area (TPSA) is 37.8 Å². The van der Waals surface area contributed by atoms with Crippen LogP contribution < -0.4 is 5.32 Å². The molecule has 0 aliphatic rings. The van der Waals surface area contributed by atoms with Crippen LogP contribution in [-0.2, 0) is 6.18 Å². The number of aryl methyl sites for hydroxylation is 1. The van der Waals surface area contributed by atoms with Crippen molar-refractivity contribution in [1.29, 1.82) is 0 Å². The first-order valence-corrected chi connectivity index (χ1v) is 6.16. The van der Waals surface area contributed by atoms with Crippen molar-refractivity contribution in [3.05, 3.63) is 45.8 Å². The number of nitrogens with one attached hydrogen (secondary N) is 1. The quantitative estimate of drug-likeness (QED) is 0.803. The molecule has 1 N–H and O–H groups in total. The van der Waals surface area contributed by atoms with Gasteiger partial charge in [-0.1, -0.05) is 23.2 Å². The van der Waals surface area contributed by atoms with Gasteiger partial charge in [0.15, 0.2) is 0 Å². The second-order valence-electron chi connectivity index (χ2n) is 3.94. The molecular formula is C12H8Cl2F3N3. The zero-order chi connectivity index (χ0) is 14.9. The van der Waals surface area contributed by atoms with E-state index in [1.54, 1.807) is 6.92 Å². The summed E-state index contributed by atoms with van der Waals surface area (Å²) in [5, 5.41) is 3.03. The van der Waals surface area contributed by atoms with Gasteiger partial charge in [0.1, 0.15) is 16.8 Å². The fourth-order valence-corrected chi connectivity index (χ4v) is 1.92. The third-order valence-corrected chi connectivity index (χ3v) is 2.89. The molecule has 0 bridgehead atoms. The minimum absolute atomic E-state index is 0.0932. The van der Waals surface area contributed by atoms with Gasteiger partial charge in [0, 0.05) is 6.07 Å². The first-order chi connectivity index (χ1) is 9.25. The Bertz CT molecular complexity index is 624. The summed E-state index contributed by atoms with van der Waals surface area (Å²) in [4.78, 5) is 7.87. The average Bonchev–Trinajstić information content (AvgIpc) is 2.29. The first-order valence-electron chi connectivity index (χ1n) is 5.40. The van der Waals surface area contributed by atoms with Gasteiger partial charge in [0.25, 0.3) is 0 Å². The van der Waals surface area contributed by atoms with Gasteiger partial charge in [0.2, 0.25) is 0 Å². The molecule has 0 atom stereocenters. The number of halogens is 5. The second kappa shape index (κ2) is 5.46. The molecule has 0 unspecified atom stereocenters. The van der Waals surface area contributed by atoms with Gasteiger partial charge in [-0.05, 0) is 25.1 Å². The Morgan fingerprint density at radius 3 is 2.40 bits per heavy atom. The standard InChI is InChI=1S/C12H8Cl2F3N3/c1-6-18-10(14)5-11(19-6)20-9-4-7(12(15,16)17)2-3-8(9)13/h2-5H,1H3,(H,18,19,20). The van der Waals surface area contributed by atoms with Crippen LogP contribution in [0.1, 0.15) is 11.4 Å². The number of nitrogens with zero attached hydrogens (tertiary/aromatic N) is 2. The number of benzene rings is 1. The molecule has 2 aromatic rings. The van der Waals surface area contributed by atoms with Crippen LogP contribution >= 0.6 is 23.2 Å². The molecule has 0 amide bonds. The summed E-state index contributed by atoms with van der Waals surface area (Å²) in [6, 6.07) is 4.38. The predicted octanol–water partition coefficient (Wildman–Crippen LogP) is 4.85. The minimum Gasteiger partial charge on any atom is -0.339 e. The van der Waals surface area contributed by atoms with Crippen molar-refractivity contribution < 1.29 is 13.2 Å². The molecule has 0 spiro atoms. The molecule has 106 valence electrons. The molecule has 1 aromatic heterocycles. The Hall–Kier alpha value is -1.53. The molecule has 1 aromatic carbocycles. The zero-order valence-electron chi connectivity index (χ0n) is 10.1. The Kier molecular flexibility index (Phi) is 4.06. The third kappa shape index (κ3) is 3.52. The van der Waals surface area contributed by atoms with E-state index in [-0.39, 0.29) is 21.7 Å². The van der Waals surface area contributed by atoms with Crippen LogP contribution in [0.3, 0.4) is 0 Å². The van der Waals surface area contributed by atoms with E-state index in [0.717, 1.165) is 12.1 Å². The molecule has 0 radical (unpaired) electrons. The molecule has 20 heavy (non-hydrogen) atoms. The molecule has 3 nitrogen and oxygen atoms in total. The maximum Gasteiger partial charge on any atom is 0.416 e. The molecule has 8 heteroatoms. The Morgan fingerprint density at radius 1 is 1.10 bits per heavy atom. The smallest absolute Gasteiger partial charge is 0.339 e. The summed E-state index contributed by atoms with van der Waals surface area (Å²) in [5.74, 6) is 0.659. The average molecular weight is 322 g/mol. The summed E-state index contributed by atoms with van der Waals surface area (Å²) >= 11 is 11.6. The second-order valence-corrected chi connectivity index (χ2v) is 4.73. The molecule has 2 rings (SSSR count). The number of anilines is 2. The molecule has 0 fully saturated rings. The van der Waals surface area contributed by atoms with Gasteiger partial charge in [-0.2, -0.15) is 13.2 Å². The van der Waals surface area contributed by atoms with Gasteiger partial charge in [-0.3, -0.25) is 0 Å². The van der Waals surface area contributed by atoms with Crippen LogP contribution in [-0.4, -0.2) is 9.97 Å². The van der Waals surface area contributed by atoms with Gasteiger partial charge in [-0.25, -0.2) is 9.97 Å². The van der Waals surface area contributed by atoms with E-state index in [1.807, 2.05) is 0 Å². The van der Waals surface area contributed by atoms with Crippen molar-refractivity contribution in [1.82, 2.24) is 9.97 Å². The van der Waals surface area contributed by atoms with Crippen LogP contribution in [0.5, 0.6) is 0 Å². The summed E-state index contributed by atoms with van der Waals surface area (Å²) in [5.41, 5.74) is -0.711. The van der Waals surface area contributed by atoms with E-state index in [1.165, 1.54) is 12.1 Å². The van der Waals surface area contributed by atoms with Crippen LogP contribution in [0, 0.1) is 6.92 Å². The van der Waals surface area contributed by atoms with E-state index in [0.29, 0.717) is 5.82 Å². The molecule has 0 aliphatic heterocycles. The number of alkyl halides is 3. The lowest BCUT2D eigenvalue weighted by atomic mass is 10.2. The molecular weight excluding hydrogens is 314 g/mol. The Morgan fingerprint density at radius 2 is 1.80 bits per heavy atom. The number of aromatic nitrogens is 2. The lowest BCUT2D eigenvalue weighted by molar-refractivity contribution is -0.137. The molecule has 0 aliphatic carbocycles. The highest BCUT2D eigenvalue weighted by Crippen LogP contribution is 2.34. The van der Waals surface area contributed by atoms with E-state index in [4.69, 9.17) is 23.2 Å². The summed E-state index contributed by atoms with van der Waals surface area (Å²) in [7, 11) is 0.